The van der Waals surface area contributed by atoms with E-state index < -0.39 is 16.8 Å². The van der Waals surface area contributed by atoms with Crippen LogP contribution in [0.3, 0.4) is 0 Å². The molecule has 186 valence electrons. The second-order valence-corrected chi connectivity index (χ2v) is 8.45. The van der Waals surface area contributed by atoms with Crippen molar-refractivity contribution in [3.8, 4) is 28.5 Å². The van der Waals surface area contributed by atoms with Crippen molar-refractivity contribution in [2.45, 2.75) is 19.0 Å². The first kappa shape index (κ1) is 25.2. The van der Waals surface area contributed by atoms with Gasteiger partial charge in [0.25, 0.3) is 0 Å². The quantitative estimate of drug-likeness (QED) is 0.275. The van der Waals surface area contributed by atoms with Gasteiger partial charge in [-0.2, -0.15) is 18.3 Å². The zero-order chi connectivity index (χ0) is 25.9. The first-order valence-electron chi connectivity index (χ1n) is 10.8. The maximum atomic E-state index is 13.1. The van der Waals surface area contributed by atoms with Gasteiger partial charge >= 0.3 is 6.18 Å². The molecule has 2 aromatic heterocycles. The Morgan fingerprint density at radius 3 is 2.39 bits per heavy atom. The number of pyridine rings is 1. The fourth-order valence-electron chi connectivity index (χ4n) is 3.68. The van der Waals surface area contributed by atoms with Gasteiger partial charge in [0.2, 0.25) is 0 Å². The lowest BCUT2D eigenvalue weighted by molar-refractivity contribution is -0.137. The normalized spacial score (nSPS) is 11.4. The lowest BCUT2D eigenvalue weighted by Gasteiger charge is -2.13. The molecule has 0 spiro atoms. The Bertz CT molecular complexity index is 1390. The van der Waals surface area contributed by atoms with E-state index in [1.165, 1.54) is 13.2 Å². The van der Waals surface area contributed by atoms with Gasteiger partial charge in [0, 0.05) is 43.9 Å². The Morgan fingerprint density at radius 2 is 1.75 bits per heavy atom. The first-order valence-corrected chi connectivity index (χ1v) is 11.2. The lowest BCUT2D eigenvalue weighted by atomic mass is 10.0. The van der Waals surface area contributed by atoms with Gasteiger partial charge in [0.15, 0.2) is 11.5 Å². The Kier molecular flexibility index (Phi) is 7.30. The van der Waals surface area contributed by atoms with E-state index in [0.717, 1.165) is 17.7 Å². The molecular weight excluding hydrogens is 495 g/mol. The number of rotatable bonds is 8. The number of aryl methyl sites for hydroxylation is 1. The molecule has 0 saturated carbocycles. The molecule has 0 amide bonds. The van der Waals surface area contributed by atoms with Crippen molar-refractivity contribution in [3.63, 3.8) is 0 Å². The van der Waals surface area contributed by atoms with Gasteiger partial charge in [-0.05, 0) is 35.4 Å². The Hall–Kier alpha value is -3.85. The van der Waals surface area contributed by atoms with Gasteiger partial charge in [0.05, 0.1) is 23.9 Å². The van der Waals surface area contributed by atoms with E-state index in [-0.39, 0.29) is 24.2 Å². The van der Waals surface area contributed by atoms with E-state index in [1.54, 1.807) is 54.5 Å². The average Bonchev–Trinajstić information content (AvgIpc) is 3.26. The van der Waals surface area contributed by atoms with E-state index in [2.05, 4.69) is 10.1 Å². The molecular formula is C26H21ClF3N3O3. The van der Waals surface area contributed by atoms with Crippen molar-refractivity contribution in [2.24, 2.45) is 7.05 Å². The summed E-state index contributed by atoms with van der Waals surface area (Å²) in [5.41, 5.74) is 1.37. The highest BCUT2D eigenvalue weighted by Gasteiger charge is 2.33. The maximum absolute atomic E-state index is 13.1. The van der Waals surface area contributed by atoms with Crippen molar-refractivity contribution in [1.29, 1.82) is 0 Å². The second-order valence-electron chi connectivity index (χ2n) is 8.04. The van der Waals surface area contributed by atoms with Crippen molar-refractivity contribution >= 4 is 17.4 Å². The maximum Gasteiger partial charge on any atom is 0.417 e. The number of aromatic nitrogens is 3. The fraction of sp³-hybridized carbons (Fsp3) is 0.192. The molecule has 0 aliphatic carbocycles. The number of methoxy groups -OCH3 is 1. The molecule has 4 rings (SSSR count). The third-order valence-electron chi connectivity index (χ3n) is 5.34. The summed E-state index contributed by atoms with van der Waals surface area (Å²) in [7, 11) is 3.33. The molecule has 36 heavy (non-hydrogen) atoms. The van der Waals surface area contributed by atoms with Gasteiger partial charge in [0.1, 0.15) is 17.2 Å². The summed E-state index contributed by atoms with van der Waals surface area (Å²) in [5.74, 6) is 1.20. The summed E-state index contributed by atoms with van der Waals surface area (Å²) >= 11 is 5.65. The summed E-state index contributed by atoms with van der Waals surface area (Å²) in [6, 6.07) is 12.0. The minimum Gasteiger partial charge on any atom is -0.491 e. The third-order valence-corrected chi connectivity index (χ3v) is 5.67. The van der Waals surface area contributed by atoms with Crippen LogP contribution in [0.25, 0.3) is 11.3 Å². The molecule has 10 heteroatoms. The monoisotopic (exact) mass is 515 g/mol. The molecule has 4 aromatic rings. The zero-order valence-corrected chi connectivity index (χ0v) is 20.1. The van der Waals surface area contributed by atoms with Crippen molar-refractivity contribution < 1.29 is 27.4 Å². The molecule has 0 atom stereocenters. The number of alkyl halides is 3. The molecule has 2 heterocycles. The number of carbonyl (C=O) groups is 1. The van der Waals surface area contributed by atoms with Crippen LogP contribution < -0.4 is 9.47 Å². The Balaban J connectivity index is 1.44. The summed E-state index contributed by atoms with van der Waals surface area (Å²) in [6.45, 7) is 0. The van der Waals surface area contributed by atoms with E-state index in [1.807, 2.05) is 6.20 Å². The minimum absolute atomic E-state index is 0.0635. The van der Waals surface area contributed by atoms with Crippen LogP contribution in [-0.2, 0) is 30.9 Å². The molecule has 0 unspecified atom stereocenters. The summed E-state index contributed by atoms with van der Waals surface area (Å²) in [4.78, 5) is 16.9. The predicted octanol–water partition coefficient (Wildman–Crippen LogP) is 6.31. The lowest BCUT2D eigenvalue weighted by Crippen LogP contribution is -2.10. The van der Waals surface area contributed by atoms with Crippen LogP contribution in [0.2, 0.25) is 5.02 Å². The van der Waals surface area contributed by atoms with Crippen LogP contribution in [0, 0.1) is 0 Å². The third kappa shape index (κ3) is 5.85. The number of hydrogen-bond acceptors (Lipinski definition) is 5. The molecule has 0 fully saturated rings. The smallest absolute Gasteiger partial charge is 0.417 e. The Morgan fingerprint density at radius 1 is 1.06 bits per heavy atom. The van der Waals surface area contributed by atoms with Gasteiger partial charge in [-0.1, -0.05) is 29.8 Å². The largest absolute Gasteiger partial charge is 0.491 e. The summed E-state index contributed by atoms with van der Waals surface area (Å²) in [5, 5.41) is 3.76. The van der Waals surface area contributed by atoms with E-state index in [4.69, 9.17) is 21.1 Å². The predicted molar refractivity (Wildman–Crippen MR) is 128 cm³/mol. The number of benzene rings is 2. The van der Waals surface area contributed by atoms with E-state index in [9.17, 15) is 18.0 Å². The van der Waals surface area contributed by atoms with Gasteiger partial charge in [-0.3, -0.25) is 14.5 Å². The van der Waals surface area contributed by atoms with E-state index >= 15 is 0 Å². The minimum atomic E-state index is -4.58. The van der Waals surface area contributed by atoms with E-state index in [0.29, 0.717) is 28.5 Å². The number of nitrogens with zero attached hydrogens (tertiary/aromatic N) is 3. The van der Waals surface area contributed by atoms with Crippen LogP contribution in [0.1, 0.15) is 16.7 Å². The van der Waals surface area contributed by atoms with Crippen LogP contribution in [-0.4, -0.2) is 27.7 Å². The van der Waals surface area contributed by atoms with Gasteiger partial charge in [-0.25, -0.2) is 0 Å². The molecule has 0 aliphatic rings. The molecule has 0 aliphatic heterocycles. The summed E-state index contributed by atoms with van der Waals surface area (Å²) in [6.07, 6.45) is 0.442. The number of ether oxygens (including phenoxy) is 2. The number of ketones is 1. The van der Waals surface area contributed by atoms with Crippen molar-refractivity contribution in [2.75, 3.05) is 7.11 Å². The molecule has 2 aromatic carbocycles. The highest BCUT2D eigenvalue weighted by Crippen LogP contribution is 2.38. The number of carbonyl (C=O) groups excluding carboxylic acids is 1. The van der Waals surface area contributed by atoms with Gasteiger partial charge < -0.3 is 9.47 Å². The van der Waals surface area contributed by atoms with Crippen molar-refractivity contribution in [1.82, 2.24) is 14.8 Å². The van der Waals surface area contributed by atoms with Crippen LogP contribution in [0.5, 0.6) is 17.2 Å². The second kappa shape index (κ2) is 10.4. The summed E-state index contributed by atoms with van der Waals surface area (Å²) < 4.78 is 52.4. The van der Waals surface area contributed by atoms with Crippen LogP contribution >= 0.6 is 11.6 Å². The average molecular weight is 516 g/mol. The molecule has 6 nitrogen and oxygen atoms in total. The fourth-order valence-corrected chi connectivity index (χ4v) is 3.90. The molecule has 0 radical (unpaired) electrons. The van der Waals surface area contributed by atoms with Gasteiger partial charge in [-0.15, -0.1) is 0 Å². The molecule has 0 N–H and O–H groups in total. The SMILES string of the molecule is COc1c(Oc2ccc(CC(=O)Cc3ccc(Cl)c(C(F)(F)F)c3)cc2)ccnc1-c1cnn(C)c1. The molecule has 0 saturated heterocycles. The highest BCUT2D eigenvalue weighted by atomic mass is 35.5. The Labute approximate surface area is 210 Å². The molecule has 0 bridgehead atoms. The zero-order valence-electron chi connectivity index (χ0n) is 19.3. The van der Waals surface area contributed by atoms with Crippen LogP contribution in [0.15, 0.2) is 67.1 Å². The number of Topliss-reactive ketones (excluding diaryl/α,β-unsaturated/α-hetero) is 1. The topological polar surface area (TPSA) is 66.2 Å². The highest BCUT2D eigenvalue weighted by molar-refractivity contribution is 6.31. The standard InChI is InChI=1S/C26H21ClF3N3O3/c1-33-15-18(14-32-33)24-25(35-2)23(9-10-31-24)36-20-6-3-16(4-7-20)11-19(34)12-17-5-8-22(27)21(13-17)26(28,29)30/h3-10,13-15H,11-12H2,1-2H3. The van der Waals surface area contributed by atoms with Crippen LogP contribution in [0.4, 0.5) is 13.2 Å². The van der Waals surface area contributed by atoms with Crippen molar-refractivity contribution in [3.05, 3.63) is 88.8 Å². The number of halogens is 4. The first-order chi connectivity index (χ1) is 17.1. The number of hydrogen-bond donors (Lipinski definition) is 0.